The van der Waals surface area contributed by atoms with E-state index in [-0.39, 0.29) is 11.3 Å². The van der Waals surface area contributed by atoms with E-state index in [1.54, 1.807) is 30.3 Å². The summed E-state index contributed by atoms with van der Waals surface area (Å²) in [5.41, 5.74) is 0.552. The van der Waals surface area contributed by atoms with E-state index in [1.165, 1.54) is 33.5 Å². The lowest BCUT2D eigenvalue weighted by Gasteiger charge is -2.12. The number of hydrogen-bond donors (Lipinski definition) is 1. The largest absolute Gasteiger partial charge is 0.497 e. The molecule has 126 valence electrons. The third-order valence-corrected chi connectivity index (χ3v) is 3.14. The summed E-state index contributed by atoms with van der Waals surface area (Å²) in [6.45, 7) is 0. The first-order valence-electron chi connectivity index (χ1n) is 6.97. The minimum atomic E-state index is -0.769. The van der Waals surface area contributed by atoms with Gasteiger partial charge in [0.25, 0.3) is 0 Å². The number of rotatable bonds is 5. The average Bonchev–Trinajstić information content (AvgIpc) is 2.61. The Bertz CT molecular complexity index is 744. The second-order valence-corrected chi connectivity index (χ2v) is 4.57. The smallest absolute Gasteiger partial charge is 0.417 e. The van der Waals surface area contributed by atoms with Crippen LogP contribution in [0.3, 0.4) is 0 Å². The molecule has 0 aliphatic rings. The number of ether oxygens (including phenoxy) is 4. The molecular weight excluding hydrogens is 314 g/mol. The average molecular weight is 331 g/mol. The van der Waals surface area contributed by atoms with Gasteiger partial charge in [-0.3, -0.25) is 5.32 Å². The highest BCUT2D eigenvalue weighted by atomic mass is 16.6. The van der Waals surface area contributed by atoms with E-state index in [9.17, 15) is 9.59 Å². The lowest BCUT2D eigenvalue weighted by molar-refractivity contribution is 0.0598. The Kier molecular flexibility index (Phi) is 5.62. The predicted octanol–water partition coefficient (Wildman–Crippen LogP) is 3.10. The first-order valence-corrected chi connectivity index (χ1v) is 6.97. The van der Waals surface area contributed by atoms with Crippen molar-refractivity contribution in [3.8, 4) is 17.2 Å². The van der Waals surface area contributed by atoms with Crippen LogP contribution < -0.4 is 19.5 Å². The molecule has 1 amide bonds. The highest BCUT2D eigenvalue weighted by molar-refractivity contribution is 5.95. The zero-order valence-electron chi connectivity index (χ0n) is 13.5. The van der Waals surface area contributed by atoms with Crippen LogP contribution in [0, 0.1) is 0 Å². The van der Waals surface area contributed by atoms with Gasteiger partial charge < -0.3 is 18.9 Å². The van der Waals surface area contributed by atoms with E-state index in [4.69, 9.17) is 14.2 Å². The van der Waals surface area contributed by atoms with Crippen LogP contribution in [0.4, 0.5) is 10.5 Å². The molecule has 7 nitrogen and oxygen atoms in total. The molecule has 0 atom stereocenters. The fraction of sp³-hybridized carbons (Fsp3) is 0.176. The number of nitrogens with one attached hydrogen (secondary N) is 1. The predicted molar refractivity (Wildman–Crippen MR) is 87.0 cm³/mol. The zero-order chi connectivity index (χ0) is 17.5. The fourth-order valence-corrected chi connectivity index (χ4v) is 1.97. The van der Waals surface area contributed by atoms with Gasteiger partial charge >= 0.3 is 12.1 Å². The van der Waals surface area contributed by atoms with E-state index in [0.717, 1.165) is 0 Å². The van der Waals surface area contributed by atoms with Gasteiger partial charge in [-0.2, -0.15) is 0 Å². The fourth-order valence-electron chi connectivity index (χ4n) is 1.97. The number of carbonyl (C=O) groups is 2. The molecule has 0 spiro atoms. The van der Waals surface area contributed by atoms with Crippen LogP contribution in [0.2, 0.25) is 0 Å². The number of esters is 1. The summed E-state index contributed by atoms with van der Waals surface area (Å²) in [6.07, 6.45) is -0.769. The van der Waals surface area contributed by atoms with Crippen molar-refractivity contribution >= 4 is 17.7 Å². The summed E-state index contributed by atoms with van der Waals surface area (Å²) in [5.74, 6) is 0.490. The Morgan fingerprint density at radius 2 is 1.67 bits per heavy atom. The topological polar surface area (TPSA) is 83.1 Å². The summed E-state index contributed by atoms with van der Waals surface area (Å²) in [7, 11) is 4.25. The quantitative estimate of drug-likeness (QED) is 0.848. The third kappa shape index (κ3) is 3.95. The van der Waals surface area contributed by atoms with E-state index < -0.39 is 12.1 Å². The number of anilines is 1. The summed E-state index contributed by atoms with van der Waals surface area (Å²) < 4.78 is 20.1. The first kappa shape index (κ1) is 17.1. The van der Waals surface area contributed by atoms with Crippen LogP contribution in [-0.2, 0) is 4.74 Å². The Morgan fingerprint density at radius 1 is 0.917 bits per heavy atom. The maximum Gasteiger partial charge on any atom is 0.417 e. The van der Waals surface area contributed by atoms with Gasteiger partial charge in [0.1, 0.15) is 22.8 Å². The van der Waals surface area contributed by atoms with Crippen LogP contribution in [0.15, 0.2) is 42.5 Å². The van der Waals surface area contributed by atoms with E-state index in [1.807, 2.05) is 0 Å². The Labute approximate surface area is 139 Å². The number of para-hydroxylation sites is 1. The SMILES string of the molecule is COC(=O)c1ccccc1OC(=O)Nc1ccc(OC)cc1OC. The molecule has 2 rings (SSSR count). The van der Waals surface area contributed by atoms with E-state index >= 15 is 0 Å². The normalized spacial score (nSPS) is 9.79. The molecule has 0 aliphatic carbocycles. The van der Waals surface area contributed by atoms with Crippen LogP contribution in [0.5, 0.6) is 17.2 Å². The van der Waals surface area contributed by atoms with Crippen molar-refractivity contribution in [2.45, 2.75) is 0 Å². The molecule has 0 radical (unpaired) electrons. The number of amides is 1. The van der Waals surface area contributed by atoms with Gasteiger partial charge in [-0.05, 0) is 24.3 Å². The number of carbonyl (C=O) groups excluding carboxylic acids is 2. The highest BCUT2D eigenvalue weighted by Crippen LogP contribution is 2.29. The van der Waals surface area contributed by atoms with Gasteiger partial charge in [-0.25, -0.2) is 9.59 Å². The minimum absolute atomic E-state index is 0.0920. The summed E-state index contributed by atoms with van der Waals surface area (Å²) in [5, 5.41) is 2.55. The lowest BCUT2D eigenvalue weighted by Crippen LogP contribution is -2.19. The Balaban J connectivity index is 2.16. The van der Waals surface area contributed by atoms with Crippen molar-refractivity contribution in [3.05, 3.63) is 48.0 Å². The molecule has 2 aromatic rings. The Hall–Kier alpha value is -3.22. The van der Waals surface area contributed by atoms with Crippen LogP contribution in [0.25, 0.3) is 0 Å². The molecule has 0 aromatic heterocycles. The molecule has 0 bridgehead atoms. The van der Waals surface area contributed by atoms with E-state index in [2.05, 4.69) is 10.1 Å². The Morgan fingerprint density at radius 3 is 2.33 bits per heavy atom. The van der Waals surface area contributed by atoms with Gasteiger partial charge in [0.2, 0.25) is 0 Å². The first-order chi connectivity index (χ1) is 11.6. The van der Waals surface area contributed by atoms with Gasteiger partial charge in [-0.15, -0.1) is 0 Å². The molecule has 2 aromatic carbocycles. The molecule has 0 saturated carbocycles. The van der Waals surface area contributed by atoms with E-state index in [0.29, 0.717) is 17.2 Å². The zero-order valence-corrected chi connectivity index (χ0v) is 13.5. The second-order valence-electron chi connectivity index (χ2n) is 4.57. The second kappa shape index (κ2) is 7.87. The van der Waals surface area contributed by atoms with Crippen LogP contribution >= 0.6 is 0 Å². The highest BCUT2D eigenvalue weighted by Gasteiger charge is 2.16. The van der Waals surface area contributed by atoms with Gasteiger partial charge in [-0.1, -0.05) is 12.1 Å². The van der Waals surface area contributed by atoms with Crippen molar-refractivity contribution in [3.63, 3.8) is 0 Å². The molecule has 0 aliphatic heterocycles. The van der Waals surface area contributed by atoms with Crippen molar-refractivity contribution in [2.75, 3.05) is 26.6 Å². The van der Waals surface area contributed by atoms with Crippen molar-refractivity contribution in [2.24, 2.45) is 0 Å². The van der Waals surface area contributed by atoms with Crippen LogP contribution in [-0.4, -0.2) is 33.4 Å². The number of methoxy groups -OCH3 is 3. The van der Waals surface area contributed by atoms with Gasteiger partial charge in [0.15, 0.2) is 0 Å². The molecule has 0 heterocycles. The minimum Gasteiger partial charge on any atom is -0.497 e. The maximum absolute atomic E-state index is 12.1. The number of benzene rings is 2. The monoisotopic (exact) mass is 331 g/mol. The molecular formula is C17H17NO6. The van der Waals surface area contributed by atoms with Crippen molar-refractivity contribution in [1.29, 1.82) is 0 Å². The molecule has 0 unspecified atom stereocenters. The molecule has 0 saturated heterocycles. The van der Waals surface area contributed by atoms with Gasteiger partial charge in [0, 0.05) is 6.07 Å². The standard InChI is InChI=1S/C17H17NO6/c1-21-11-8-9-13(15(10-11)22-2)18-17(20)24-14-7-5-4-6-12(14)16(19)23-3/h4-10H,1-3H3,(H,18,20). The van der Waals surface area contributed by atoms with Gasteiger partial charge in [0.05, 0.1) is 27.0 Å². The number of hydrogen-bond acceptors (Lipinski definition) is 6. The maximum atomic E-state index is 12.1. The molecule has 24 heavy (non-hydrogen) atoms. The van der Waals surface area contributed by atoms with Crippen LogP contribution in [0.1, 0.15) is 10.4 Å². The summed E-state index contributed by atoms with van der Waals surface area (Å²) in [4.78, 5) is 23.8. The summed E-state index contributed by atoms with van der Waals surface area (Å²) in [6, 6.07) is 11.2. The third-order valence-electron chi connectivity index (χ3n) is 3.14. The summed E-state index contributed by atoms with van der Waals surface area (Å²) >= 11 is 0. The molecule has 7 heteroatoms. The molecule has 1 N–H and O–H groups in total. The lowest BCUT2D eigenvalue weighted by atomic mass is 10.2. The van der Waals surface area contributed by atoms with Crippen molar-refractivity contribution < 1.29 is 28.5 Å². The van der Waals surface area contributed by atoms with Crippen molar-refractivity contribution in [1.82, 2.24) is 0 Å². The molecule has 0 fully saturated rings.